The van der Waals surface area contributed by atoms with E-state index in [1.54, 1.807) is 0 Å². The molecule has 1 unspecified atom stereocenters. The quantitative estimate of drug-likeness (QED) is 0.429. The third kappa shape index (κ3) is 7.06. The minimum Gasteiger partial charge on any atom is -0.357 e. The van der Waals surface area contributed by atoms with Crippen molar-refractivity contribution >= 4 is 5.96 Å². The van der Waals surface area contributed by atoms with E-state index in [1.807, 2.05) is 6.92 Å². The Balaban J connectivity index is 1.69. The number of aromatic nitrogens is 2. The van der Waals surface area contributed by atoms with Crippen molar-refractivity contribution in [1.29, 1.82) is 0 Å². The van der Waals surface area contributed by atoms with Gasteiger partial charge in [-0.1, -0.05) is 6.92 Å². The monoisotopic (exact) mass is 348 g/mol. The molecule has 0 amide bonds. The molecule has 0 bridgehead atoms. The van der Waals surface area contributed by atoms with Crippen molar-refractivity contribution in [3.05, 3.63) is 17.5 Å². The number of piperidine rings is 1. The number of aliphatic imine (C=N–C) groups is 1. The standard InChI is InChI=1S/C19H36N6/c1-5-20-19(22-10-13-24-11-6-8-16(2)15-24)21-9-7-12-25-18(4)14-17(3)23-25/h14,16H,5-13,15H2,1-4H3,(H2,20,21,22). The van der Waals surface area contributed by atoms with E-state index in [0.717, 1.165) is 56.7 Å². The Hall–Kier alpha value is -1.56. The van der Waals surface area contributed by atoms with Crippen LogP contribution in [0.4, 0.5) is 0 Å². The van der Waals surface area contributed by atoms with Crippen molar-refractivity contribution in [2.24, 2.45) is 10.9 Å². The van der Waals surface area contributed by atoms with E-state index in [4.69, 9.17) is 4.99 Å². The lowest BCUT2D eigenvalue weighted by Crippen LogP contribution is -2.43. The minimum atomic E-state index is 0.814. The summed E-state index contributed by atoms with van der Waals surface area (Å²) in [6, 6.07) is 2.12. The van der Waals surface area contributed by atoms with Crippen LogP contribution < -0.4 is 10.6 Å². The first-order valence-corrected chi connectivity index (χ1v) is 9.84. The average Bonchev–Trinajstić information content (AvgIpc) is 2.89. The van der Waals surface area contributed by atoms with E-state index in [1.165, 1.54) is 31.6 Å². The van der Waals surface area contributed by atoms with Crippen molar-refractivity contribution < 1.29 is 0 Å². The highest BCUT2D eigenvalue weighted by Crippen LogP contribution is 2.14. The summed E-state index contributed by atoms with van der Waals surface area (Å²) < 4.78 is 2.07. The van der Waals surface area contributed by atoms with Gasteiger partial charge >= 0.3 is 0 Å². The highest BCUT2D eigenvalue weighted by atomic mass is 15.3. The lowest BCUT2D eigenvalue weighted by atomic mass is 10.0. The van der Waals surface area contributed by atoms with Gasteiger partial charge in [-0.3, -0.25) is 9.67 Å². The van der Waals surface area contributed by atoms with Crippen LogP contribution in [0.25, 0.3) is 0 Å². The molecule has 1 saturated heterocycles. The van der Waals surface area contributed by atoms with Crippen LogP contribution in [0.5, 0.6) is 0 Å². The Bertz CT molecular complexity index is 536. The van der Waals surface area contributed by atoms with Crippen LogP contribution in [0.1, 0.15) is 44.5 Å². The van der Waals surface area contributed by atoms with Gasteiger partial charge in [0.05, 0.1) is 5.69 Å². The fourth-order valence-electron chi connectivity index (χ4n) is 3.48. The molecule has 1 aromatic heterocycles. The number of likely N-dealkylation sites (tertiary alicyclic amines) is 1. The fourth-order valence-corrected chi connectivity index (χ4v) is 3.48. The largest absolute Gasteiger partial charge is 0.357 e. The number of guanidine groups is 1. The molecule has 1 fully saturated rings. The number of aryl methyl sites for hydroxylation is 3. The first-order chi connectivity index (χ1) is 12.1. The summed E-state index contributed by atoms with van der Waals surface area (Å²) in [5.74, 6) is 1.77. The molecule has 1 aliphatic rings. The van der Waals surface area contributed by atoms with Crippen molar-refractivity contribution in [1.82, 2.24) is 25.3 Å². The van der Waals surface area contributed by atoms with Gasteiger partial charge < -0.3 is 15.5 Å². The van der Waals surface area contributed by atoms with E-state index < -0.39 is 0 Å². The molecule has 2 N–H and O–H groups in total. The third-order valence-corrected chi connectivity index (χ3v) is 4.71. The zero-order chi connectivity index (χ0) is 18.1. The Morgan fingerprint density at radius 1 is 1.32 bits per heavy atom. The van der Waals surface area contributed by atoms with E-state index in [-0.39, 0.29) is 0 Å². The minimum absolute atomic E-state index is 0.814. The van der Waals surface area contributed by atoms with Crippen LogP contribution in [-0.4, -0.2) is 59.9 Å². The molecule has 142 valence electrons. The highest BCUT2D eigenvalue weighted by Gasteiger charge is 2.15. The molecular weight excluding hydrogens is 312 g/mol. The molecule has 1 aliphatic heterocycles. The maximum absolute atomic E-state index is 4.70. The molecular formula is C19H36N6. The van der Waals surface area contributed by atoms with Gasteiger partial charge in [0, 0.05) is 45.0 Å². The van der Waals surface area contributed by atoms with Crippen LogP contribution in [0.15, 0.2) is 11.1 Å². The van der Waals surface area contributed by atoms with Crippen LogP contribution >= 0.6 is 0 Å². The number of nitrogens with zero attached hydrogens (tertiary/aromatic N) is 4. The summed E-state index contributed by atoms with van der Waals surface area (Å²) in [5.41, 5.74) is 2.31. The summed E-state index contributed by atoms with van der Waals surface area (Å²) in [6.45, 7) is 15.8. The topological polar surface area (TPSA) is 57.5 Å². The molecule has 0 aromatic carbocycles. The summed E-state index contributed by atoms with van der Waals surface area (Å²) in [5, 5.41) is 11.3. The normalized spacial score (nSPS) is 19.2. The first-order valence-electron chi connectivity index (χ1n) is 9.84. The summed E-state index contributed by atoms with van der Waals surface area (Å²) in [6.07, 6.45) is 3.72. The molecule has 0 saturated carbocycles. The number of nitrogens with one attached hydrogen (secondary N) is 2. The number of rotatable bonds is 8. The summed E-state index contributed by atoms with van der Waals surface area (Å²) in [7, 11) is 0. The van der Waals surface area contributed by atoms with Gasteiger partial charge in [0.15, 0.2) is 5.96 Å². The lowest BCUT2D eigenvalue weighted by molar-refractivity contribution is 0.187. The number of hydrogen-bond acceptors (Lipinski definition) is 3. The molecule has 6 nitrogen and oxygen atoms in total. The Morgan fingerprint density at radius 3 is 2.84 bits per heavy atom. The highest BCUT2D eigenvalue weighted by molar-refractivity contribution is 5.79. The predicted octanol–water partition coefficient (Wildman–Crippen LogP) is 2.18. The van der Waals surface area contributed by atoms with Crippen LogP contribution in [0.3, 0.4) is 0 Å². The Kier molecular flexibility index (Phi) is 8.25. The van der Waals surface area contributed by atoms with Crippen LogP contribution in [0, 0.1) is 19.8 Å². The molecule has 0 radical (unpaired) electrons. The lowest BCUT2D eigenvalue weighted by Gasteiger charge is -2.30. The average molecular weight is 349 g/mol. The van der Waals surface area contributed by atoms with Gasteiger partial charge in [0.2, 0.25) is 0 Å². The third-order valence-electron chi connectivity index (χ3n) is 4.71. The molecule has 2 rings (SSSR count). The van der Waals surface area contributed by atoms with Gasteiger partial charge in [-0.2, -0.15) is 5.10 Å². The molecule has 6 heteroatoms. The predicted molar refractivity (Wildman–Crippen MR) is 105 cm³/mol. The smallest absolute Gasteiger partial charge is 0.191 e. The molecule has 1 aromatic rings. The van der Waals surface area contributed by atoms with Crippen molar-refractivity contribution in [3.8, 4) is 0 Å². The first kappa shape index (κ1) is 19.8. The molecule has 0 spiro atoms. The maximum Gasteiger partial charge on any atom is 0.191 e. The molecule has 2 heterocycles. The SMILES string of the molecule is CCNC(=NCCCn1nc(C)cc1C)NCCN1CCCC(C)C1. The second-order valence-electron chi connectivity index (χ2n) is 7.24. The van der Waals surface area contributed by atoms with Crippen LogP contribution in [0.2, 0.25) is 0 Å². The zero-order valence-corrected chi connectivity index (χ0v) is 16.5. The van der Waals surface area contributed by atoms with Crippen molar-refractivity contribution in [3.63, 3.8) is 0 Å². The van der Waals surface area contributed by atoms with E-state index in [0.29, 0.717) is 0 Å². The van der Waals surface area contributed by atoms with E-state index in [2.05, 4.69) is 52.2 Å². The van der Waals surface area contributed by atoms with E-state index >= 15 is 0 Å². The second-order valence-corrected chi connectivity index (χ2v) is 7.24. The van der Waals surface area contributed by atoms with Crippen molar-refractivity contribution in [2.45, 2.75) is 53.5 Å². The van der Waals surface area contributed by atoms with Gasteiger partial charge in [0.25, 0.3) is 0 Å². The van der Waals surface area contributed by atoms with Gasteiger partial charge in [-0.25, -0.2) is 0 Å². The van der Waals surface area contributed by atoms with E-state index in [9.17, 15) is 0 Å². The molecule has 0 aliphatic carbocycles. The van der Waals surface area contributed by atoms with Gasteiger partial charge in [-0.15, -0.1) is 0 Å². The second kappa shape index (κ2) is 10.4. The molecule has 1 atom stereocenters. The van der Waals surface area contributed by atoms with Crippen LogP contribution in [-0.2, 0) is 6.54 Å². The summed E-state index contributed by atoms with van der Waals surface area (Å²) in [4.78, 5) is 7.26. The van der Waals surface area contributed by atoms with Crippen molar-refractivity contribution in [2.75, 3.05) is 39.3 Å². The summed E-state index contributed by atoms with van der Waals surface area (Å²) >= 11 is 0. The zero-order valence-electron chi connectivity index (χ0n) is 16.5. The van der Waals surface area contributed by atoms with Gasteiger partial charge in [-0.05, 0) is 58.6 Å². The fraction of sp³-hybridized carbons (Fsp3) is 0.789. The molecule has 25 heavy (non-hydrogen) atoms. The number of hydrogen-bond donors (Lipinski definition) is 2. The maximum atomic E-state index is 4.70. The Labute approximate surface area is 153 Å². The van der Waals surface area contributed by atoms with Gasteiger partial charge in [0.1, 0.15) is 0 Å². The Morgan fingerprint density at radius 2 is 2.16 bits per heavy atom.